The molecule has 1 aliphatic carbocycles. The Balaban J connectivity index is 1.98. The molecule has 0 amide bonds. The second kappa shape index (κ2) is 5.35. The fourth-order valence-electron chi connectivity index (χ4n) is 3.02. The van der Waals surface area contributed by atoms with Gasteiger partial charge in [0.05, 0.1) is 17.3 Å². The van der Waals surface area contributed by atoms with E-state index in [4.69, 9.17) is 0 Å². The van der Waals surface area contributed by atoms with Crippen molar-refractivity contribution in [2.75, 3.05) is 5.32 Å². The number of nitrogens with zero attached hydrogens (tertiary/aromatic N) is 3. The Labute approximate surface area is 123 Å². The van der Waals surface area contributed by atoms with Gasteiger partial charge in [-0.25, -0.2) is 9.78 Å². The van der Waals surface area contributed by atoms with E-state index in [9.17, 15) is 9.90 Å². The highest BCUT2D eigenvalue weighted by atomic mass is 16.4. The van der Waals surface area contributed by atoms with Gasteiger partial charge < -0.3 is 10.4 Å². The lowest BCUT2D eigenvalue weighted by Crippen LogP contribution is -2.26. The maximum atomic E-state index is 11.5. The highest BCUT2D eigenvalue weighted by Crippen LogP contribution is 2.31. The second-order valence-electron chi connectivity index (χ2n) is 5.96. The molecule has 6 heteroatoms. The number of rotatable bonds is 3. The Morgan fingerprint density at radius 2 is 2.05 bits per heavy atom. The average Bonchev–Trinajstić information content (AvgIpc) is 2.83. The van der Waals surface area contributed by atoms with Gasteiger partial charge in [-0.15, -0.1) is 0 Å². The summed E-state index contributed by atoms with van der Waals surface area (Å²) in [5.41, 5.74) is 1.57. The van der Waals surface area contributed by atoms with E-state index in [0.717, 1.165) is 24.1 Å². The van der Waals surface area contributed by atoms with Crippen LogP contribution < -0.4 is 5.32 Å². The van der Waals surface area contributed by atoms with E-state index in [1.165, 1.54) is 19.0 Å². The monoisotopic (exact) mass is 288 g/mol. The van der Waals surface area contributed by atoms with Crippen molar-refractivity contribution < 1.29 is 9.90 Å². The van der Waals surface area contributed by atoms with Crippen LogP contribution in [-0.4, -0.2) is 31.9 Å². The molecule has 2 aromatic rings. The lowest BCUT2D eigenvalue weighted by Gasteiger charge is -2.28. The van der Waals surface area contributed by atoms with Crippen LogP contribution in [0.15, 0.2) is 12.4 Å². The first-order valence-corrected chi connectivity index (χ1v) is 7.36. The maximum absolute atomic E-state index is 11.5. The predicted octanol–water partition coefficient (Wildman–Crippen LogP) is 2.66. The number of carbonyl (C=O) groups is 1. The molecule has 1 fully saturated rings. The maximum Gasteiger partial charge on any atom is 0.339 e. The van der Waals surface area contributed by atoms with Crippen molar-refractivity contribution in [3.8, 4) is 0 Å². The Bertz CT molecular complexity index is 672. The summed E-state index contributed by atoms with van der Waals surface area (Å²) >= 11 is 0. The van der Waals surface area contributed by atoms with Gasteiger partial charge in [0.1, 0.15) is 5.56 Å². The van der Waals surface area contributed by atoms with Crippen LogP contribution in [0.2, 0.25) is 0 Å². The molecule has 2 N–H and O–H groups in total. The van der Waals surface area contributed by atoms with Crippen LogP contribution in [0.25, 0.3) is 11.0 Å². The minimum atomic E-state index is -0.958. The number of carboxylic acids is 1. The van der Waals surface area contributed by atoms with Crippen LogP contribution in [0.5, 0.6) is 0 Å². The van der Waals surface area contributed by atoms with Crippen LogP contribution in [0, 0.1) is 5.92 Å². The quantitative estimate of drug-likeness (QED) is 0.907. The molecule has 1 aliphatic rings. The van der Waals surface area contributed by atoms with Crippen molar-refractivity contribution >= 4 is 22.7 Å². The van der Waals surface area contributed by atoms with Gasteiger partial charge in [-0.3, -0.25) is 4.68 Å². The average molecular weight is 288 g/mol. The first kappa shape index (κ1) is 13.9. The molecule has 0 spiro atoms. The molecule has 0 saturated heterocycles. The topological polar surface area (TPSA) is 80.0 Å². The van der Waals surface area contributed by atoms with Crippen molar-refractivity contribution in [2.24, 2.45) is 13.0 Å². The van der Waals surface area contributed by atoms with Crippen LogP contribution in [0.1, 0.15) is 43.0 Å². The molecule has 3 rings (SSSR count). The van der Waals surface area contributed by atoms with E-state index >= 15 is 0 Å². The zero-order chi connectivity index (χ0) is 15.0. The Hall–Kier alpha value is -2.11. The standard InChI is InChI=1S/C15H20N4O2/c1-9-3-5-10(6-4-9)18-13-11-8-17-19(2)14(11)16-7-12(13)15(20)21/h7-10H,3-6H2,1-2H3,(H,16,18)(H,20,21). The third kappa shape index (κ3) is 2.57. The van der Waals surface area contributed by atoms with Crippen LogP contribution in [0.3, 0.4) is 0 Å². The fraction of sp³-hybridized carbons (Fsp3) is 0.533. The smallest absolute Gasteiger partial charge is 0.339 e. The molecule has 0 bridgehead atoms. The van der Waals surface area contributed by atoms with Gasteiger partial charge in [-0.2, -0.15) is 5.10 Å². The van der Waals surface area contributed by atoms with Crippen LogP contribution >= 0.6 is 0 Å². The number of hydrogen-bond donors (Lipinski definition) is 2. The van der Waals surface area contributed by atoms with Crippen molar-refractivity contribution in [1.29, 1.82) is 0 Å². The highest BCUT2D eigenvalue weighted by Gasteiger charge is 2.22. The molecule has 0 radical (unpaired) electrons. The molecule has 0 atom stereocenters. The number of fused-ring (bicyclic) bond motifs is 1. The van der Waals surface area contributed by atoms with E-state index in [2.05, 4.69) is 22.3 Å². The van der Waals surface area contributed by atoms with Gasteiger partial charge in [0.2, 0.25) is 0 Å². The number of aryl methyl sites for hydroxylation is 1. The van der Waals surface area contributed by atoms with E-state index < -0.39 is 5.97 Å². The second-order valence-corrected chi connectivity index (χ2v) is 5.96. The molecule has 21 heavy (non-hydrogen) atoms. The molecule has 0 aliphatic heterocycles. The zero-order valence-electron chi connectivity index (χ0n) is 12.3. The summed E-state index contributed by atoms with van der Waals surface area (Å²) in [7, 11) is 1.81. The van der Waals surface area contributed by atoms with E-state index in [0.29, 0.717) is 17.4 Å². The summed E-state index contributed by atoms with van der Waals surface area (Å²) in [6.45, 7) is 2.27. The third-order valence-electron chi connectivity index (χ3n) is 4.36. The fourth-order valence-corrected chi connectivity index (χ4v) is 3.02. The molecule has 112 valence electrons. The number of nitrogens with one attached hydrogen (secondary N) is 1. The van der Waals surface area contributed by atoms with Crippen LogP contribution in [-0.2, 0) is 7.05 Å². The van der Waals surface area contributed by atoms with E-state index in [-0.39, 0.29) is 5.56 Å². The lowest BCUT2D eigenvalue weighted by atomic mass is 9.87. The summed E-state index contributed by atoms with van der Waals surface area (Å²) in [5.74, 6) is -0.197. The normalized spacial score (nSPS) is 22.4. The molecule has 2 aromatic heterocycles. The molecular formula is C15H20N4O2. The molecular weight excluding hydrogens is 268 g/mol. The lowest BCUT2D eigenvalue weighted by molar-refractivity contribution is 0.0697. The zero-order valence-corrected chi connectivity index (χ0v) is 12.3. The first-order valence-electron chi connectivity index (χ1n) is 7.36. The van der Waals surface area contributed by atoms with Crippen molar-refractivity contribution in [1.82, 2.24) is 14.8 Å². The molecule has 0 unspecified atom stereocenters. The number of anilines is 1. The summed E-state index contributed by atoms with van der Waals surface area (Å²) in [4.78, 5) is 15.7. The largest absolute Gasteiger partial charge is 0.478 e. The van der Waals surface area contributed by atoms with Gasteiger partial charge in [0, 0.05) is 19.3 Å². The number of carboxylic acid groups (broad SMARTS) is 1. The van der Waals surface area contributed by atoms with Gasteiger partial charge in [-0.1, -0.05) is 6.92 Å². The summed E-state index contributed by atoms with van der Waals surface area (Å²) < 4.78 is 1.66. The van der Waals surface area contributed by atoms with Crippen molar-refractivity contribution in [3.05, 3.63) is 18.0 Å². The van der Waals surface area contributed by atoms with Crippen molar-refractivity contribution in [3.63, 3.8) is 0 Å². The minimum absolute atomic E-state index is 0.217. The van der Waals surface area contributed by atoms with Gasteiger partial charge in [-0.05, 0) is 31.6 Å². The summed E-state index contributed by atoms with van der Waals surface area (Å²) in [6, 6.07) is 0.324. The third-order valence-corrected chi connectivity index (χ3v) is 4.36. The minimum Gasteiger partial charge on any atom is -0.478 e. The van der Waals surface area contributed by atoms with Gasteiger partial charge >= 0.3 is 5.97 Å². The number of aromatic nitrogens is 3. The van der Waals surface area contributed by atoms with E-state index in [1.807, 2.05) is 7.05 Å². The summed E-state index contributed by atoms with van der Waals surface area (Å²) in [6.07, 6.45) is 7.61. The number of hydrogen-bond acceptors (Lipinski definition) is 4. The SMILES string of the molecule is CC1CCC(Nc2c(C(=O)O)cnc3c2cnn3C)CC1. The summed E-state index contributed by atoms with van der Waals surface area (Å²) in [5, 5.41) is 17.8. The highest BCUT2D eigenvalue weighted by molar-refractivity contribution is 6.03. The van der Waals surface area contributed by atoms with Crippen LogP contribution in [0.4, 0.5) is 5.69 Å². The first-order chi connectivity index (χ1) is 10.1. The van der Waals surface area contributed by atoms with Crippen molar-refractivity contribution in [2.45, 2.75) is 38.6 Å². The molecule has 1 saturated carbocycles. The number of aromatic carboxylic acids is 1. The Morgan fingerprint density at radius 3 is 2.71 bits per heavy atom. The van der Waals surface area contributed by atoms with Gasteiger partial charge in [0.15, 0.2) is 5.65 Å². The Morgan fingerprint density at radius 1 is 1.33 bits per heavy atom. The van der Waals surface area contributed by atoms with Gasteiger partial charge in [0.25, 0.3) is 0 Å². The van der Waals surface area contributed by atoms with E-state index in [1.54, 1.807) is 10.9 Å². The molecule has 2 heterocycles. The molecule has 0 aromatic carbocycles. The molecule has 6 nitrogen and oxygen atoms in total. The predicted molar refractivity (Wildman–Crippen MR) is 80.5 cm³/mol. The number of pyridine rings is 1. The Kier molecular flexibility index (Phi) is 3.53.